The van der Waals surface area contributed by atoms with Crippen molar-refractivity contribution in [1.82, 2.24) is 15.6 Å². The molecule has 0 saturated carbocycles. The fourth-order valence-corrected chi connectivity index (χ4v) is 3.23. The van der Waals surface area contributed by atoms with Crippen LogP contribution in [0.25, 0.3) is 0 Å². The highest BCUT2D eigenvalue weighted by molar-refractivity contribution is 8.00. The van der Waals surface area contributed by atoms with Gasteiger partial charge in [-0.15, -0.1) is 0 Å². The van der Waals surface area contributed by atoms with E-state index in [-0.39, 0.29) is 4.75 Å². The Balaban J connectivity index is 1.84. The molecule has 0 aromatic carbocycles. The Kier molecular flexibility index (Phi) is 6.14. The summed E-state index contributed by atoms with van der Waals surface area (Å²) < 4.78 is 11.3. The summed E-state index contributed by atoms with van der Waals surface area (Å²) in [5.74, 6) is 2.32. The van der Waals surface area contributed by atoms with Crippen molar-refractivity contribution in [2.45, 2.75) is 38.0 Å². The van der Waals surface area contributed by atoms with Crippen LogP contribution in [-0.2, 0) is 11.3 Å². The van der Waals surface area contributed by atoms with Gasteiger partial charge in [0.2, 0.25) is 5.89 Å². The number of ether oxygens (including phenoxy) is 1. The quantitative estimate of drug-likeness (QED) is 0.636. The lowest BCUT2D eigenvalue weighted by atomic mass is 9.99. The third-order valence-electron chi connectivity index (χ3n) is 4.12. The molecule has 0 aliphatic carbocycles. The van der Waals surface area contributed by atoms with E-state index >= 15 is 0 Å². The van der Waals surface area contributed by atoms with Crippen molar-refractivity contribution in [1.29, 1.82) is 0 Å². The summed E-state index contributed by atoms with van der Waals surface area (Å²) >= 11 is 1.91. The molecule has 0 radical (unpaired) electrons. The molecule has 0 spiro atoms. The molecule has 1 aliphatic heterocycles. The monoisotopic (exact) mass is 326 g/mol. The Bertz CT molecular complexity index is 490. The number of nitrogens with one attached hydrogen (secondary N) is 2. The molecule has 2 rings (SSSR count). The van der Waals surface area contributed by atoms with Crippen LogP contribution in [0, 0.1) is 13.8 Å². The van der Waals surface area contributed by atoms with Crippen LogP contribution >= 0.6 is 11.8 Å². The Morgan fingerprint density at radius 1 is 1.32 bits per heavy atom. The van der Waals surface area contributed by atoms with Gasteiger partial charge in [0.25, 0.3) is 0 Å². The smallest absolute Gasteiger partial charge is 0.214 e. The maximum Gasteiger partial charge on any atom is 0.214 e. The molecule has 2 N–H and O–H groups in total. The molecule has 1 aromatic heterocycles. The van der Waals surface area contributed by atoms with Gasteiger partial charge in [-0.05, 0) is 32.9 Å². The number of aromatic nitrogens is 1. The van der Waals surface area contributed by atoms with Crippen LogP contribution in [0.2, 0.25) is 0 Å². The lowest BCUT2D eigenvalue weighted by Gasteiger charge is -2.36. The van der Waals surface area contributed by atoms with E-state index < -0.39 is 0 Å². The van der Waals surface area contributed by atoms with Crippen LogP contribution in [0.15, 0.2) is 9.41 Å². The predicted octanol–water partition coefficient (Wildman–Crippen LogP) is 1.87. The van der Waals surface area contributed by atoms with E-state index in [1.54, 1.807) is 7.05 Å². The van der Waals surface area contributed by atoms with Gasteiger partial charge in [-0.2, -0.15) is 11.8 Å². The second kappa shape index (κ2) is 7.87. The van der Waals surface area contributed by atoms with E-state index in [9.17, 15) is 0 Å². The van der Waals surface area contributed by atoms with Crippen molar-refractivity contribution in [3.8, 4) is 0 Å². The van der Waals surface area contributed by atoms with E-state index in [0.29, 0.717) is 12.4 Å². The van der Waals surface area contributed by atoms with Gasteiger partial charge in [0.1, 0.15) is 5.76 Å². The summed E-state index contributed by atoms with van der Waals surface area (Å²) in [7, 11) is 1.77. The van der Waals surface area contributed by atoms with Crippen LogP contribution in [-0.4, -0.2) is 48.8 Å². The van der Waals surface area contributed by atoms with Crippen molar-refractivity contribution in [2.75, 3.05) is 33.1 Å². The molecule has 124 valence electrons. The van der Waals surface area contributed by atoms with Crippen molar-refractivity contribution in [3.63, 3.8) is 0 Å². The normalized spacial score (nSPS) is 18.3. The summed E-state index contributed by atoms with van der Waals surface area (Å²) in [6.45, 7) is 6.95. The zero-order chi connectivity index (χ0) is 16.0. The van der Waals surface area contributed by atoms with Gasteiger partial charge in [0, 0.05) is 31.6 Å². The first-order valence-corrected chi connectivity index (χ1v) is 8.81. The van der Waals surface area contributed by atoms with Gasteiger partial charge in [0.15, 0.2) is 5.96 Å². The van der Waals surface area contributed by atoms with Gasteiger partial charge in [-0.3, -0.25) is 4.99 Å². The molecular formula is C15H26N4O2S. The standard InChI is InChI=1S/C15H26N4O2S/c1-11-12(2)21-13(19-11)9-17-14(16-3)18-10-15(22-4)5-7-20-8-6-15/h5-10H2,1-4H3,(H2,16,17,18). The second-order valence-corrected chi connectivity index (χ2v) is 6.80. The minimum absolute atomic E-state index is 0.228. The second-order valence-electron chi connectivity index (χ2n) is 5.53. The lowest BCUT2D eigenvalue weighted by molar-refractivity contribution is 0.0783. The Morgan fingerprint density at radius 2 is 2.05 bits per heavy atom. The van der Waals surface area contributed by atoms with Gasteiger partial charge < -0.3 is 19.8 Å². The van der Waals surface area contributed by atoms with Gasteiger partial charge >= 0.3 is 0 Å². The third-order valence-corrected chi connectivity index (χ3v) is 5.54. The maximum absolute atomic E-state index is 5.57. The minimum Gasteiger partial charge on any atom is -0.444 e. The molecule has 1 saturated heterocycles. The Labute approximate surface area is 136 Å². The summed E-state index contributed by atoms with van der Waals surface area (Å²) in [6.07, 6.45) is 4.30. The van der Waals surface area contributed by atoms with E-state index in [2.05, 4.69) is 26.9 Å². The molecule has 0 bridgehead atoms. The fraction of sp³-hybridized carbons (Fsp3) is 0.733. The van der Waals surface area contributed by atoms with Gasteiger partial charge in [0.05, 0.1) is 12.2 Å². The number of aliphatic imine (C=N–C) groups is 1. The number of oxazole rings is 1. The summed E-state index contributed by atoms with van der Waals surface area (Å²) in [4.78, 5) is 8.63. The topological polar surface area (TPSA) is 71.7 Å². The zero-order valence-corrected chi connectivity index (χ0v) is 14.7. The average Bonchev–Trinajstić information content (AvgIpc) is 2.87. The van der Waals surface area contributed by atoms with Crippen molar-refractivity contribution in [3.05, 3.63) is 17.3 Å². The lowest BCUT2D eigenvalue weighted by Crippen LogP contribution is -2.47. The molecule has 6 nitrogen and oxygen atoms in total. The molecule has 0 amide bonds. The first-order valence-electron chi connectivity index (χ1n) is 7.59. The summed E-state index contributed by atoms with van der Waals surface area (Å²) in [6, 6.07) is 0. The molecule has 22 heavy (non-hydrogen) atoms. The number of hydrogen-bond acceptors (Lipinski definition) is 5. The zero-order valence-electron chi connectivity index (χ0n) is 13.9. The number of thioether (sulfide) groups is 1. The van der Waals surface area contributed by atoms with Crippen molar-refractivity contribution in [2.24, 2.45) is 4.99 Å². The highest BCUT2D eigenvalue weighted by atomic mass is 32.2. The Morgan fingerprint density at radius 3 is 2.59 bits per heavy atom. The first kappa shape index (κ1) is 17.1. The average molecular weight is 326 g/mol. The molecule has 1 fully saturated rings. The fourth-order valence-electron chi connectivity index (χ4n) is 2.44. The SMILES string of the molecule is CN=C(NCc1nc(C)c(C)o1)NCC1(SC)CCOCC1. The van der Waals surface area contributed by atoms with Crippen LogP contribution in [0.1, 0.15) is 30.2 Å². The van der Waals surface area contributed by atoms with Crippen molar-refractivity contribution < 1.29 is 9.15 Å². The molecule has 0 unspecified atom stereocenters. The number of aryl methyl sites for hydroxylation is 2. The molecule has 2 heterocycles. The maximum atomic E-state index is 5.57. The van der Waals surface area contributed by atoms with Crippen molar-refractivity contribution >= 4 is 17.7 Å². The Hall–Kier alpha value is -1.21. The van der Waals surface area contributed by atoms with E-state index in [1.807, 2.05) is 25.6 Å². The largest absolute Gasteiger partial charge is 0.444 e. The van der Waals surface area contributed by atoms with Gasteiger partial charge in [-0.1, -0.05) is 0 Å². The third kappa shape index (κ3) is 4.39. The summed E-state index contributed by atoms with van der Waals surface area (Å²) in [5.41, 5.74) is 0.934. The summed E-state index contributed by atoms with van der Waals surface area (Å²) in [5, 5.41) is 6.66. The van der Waals surface area contributed by atoms with Crippen LogP contribution in [0.4, 0.5) is 0 Å². The number of nitrogens with zero attached hydrogens (tertiary/aromatic N) is 2. The number of hydrogen-bond donors (Lipinski definition) is 2. The van der Waals surface area contributed by atoms with E-state index in [1.165, 1.54) is 0 Å². The minimum atomic E-state index is 0.228. The van der Waals surface area contributed by atoms with Crippen LogP contribution < -0.4 is 10.6 Å². The molecule has 7 heteroatoms. The number of guanidine groups is 1. The molecular weight excluding hydrogens is 300 g/mol. The van der Waals surface area contributed by atoms with Crippen LogP contribution in [0.3, 0.4) is 0 Å². The highest BCUT2D eigenvalue weighted by Gasteiger charge is 2.31. The van der Waals surface area contributed by atoms with Gasteiger partial charge in [-0.25, -0.2) is 4.98 Å². The number of rotatable bonds is 5. The molecule has 1 aromatic rings. The van der Waals surface area contributed by atoms with Crippen LogP contribution in [0.5, 0.6) is 0 Å². The molecule has 1 aliphatic rings. The molecule has 0 atom stereocenters. The first-order chi connectivity index (χ1) is 10.6. The van der Waals surface area contributed by atoms with E-state index in [4.69, 9.17) is 9.15 Å². The van der Waals surface area contributed by atoms with E-state index in [0.717, 1.165) is 50.0 Å². The highest BCUT2D eigenvalue weighted by Crippen LogP contribution is 2.32. The predicted molar refractivity (Wildman–Crippen MR) is 90.5 cm³/mol.